The molecule has 1 unspecified atom stereocenters. The molecule has 1 heterocycles. The molecule has 2 aromatic rings. The minimum absolute atomic E-state index is 0.00609. The second-order valence-corrected chi connectivity index (χ2v) is 9.40. The molecule has 0 aromatic heterocycles. The number of benzene rings is 2. The van der Waals surface area contributed by atoms with Crippen molar-refractivity contribution in [2.45, 2.75) is 23.8 Å². The maximum atomic E-state index is 13.4. The van der Waals surface area contributed by atoms with E-state index in [0.29, 0.717) is 24.6 Å². The van der Waals surface area contributed by atoms with Gasteiger partial charge in [-0.25, -0.2) is 13.2 Å². The second kappa shape index (κ2) is 11.7. The zero-order chi connectivity index (χ0) is 24.6. The predicted octanol–water partition coefficient (Wildman–Crippen LogP) is 2.53. The molecule has 9 nitrogen and oxygen atoms in total. The Bertz CT molecular complexity index is 1130. The van der Waals surface area contributed by atoms with E-state index in [1.807, 2.05) is 0 Å². The van der Waals surface area contributed by atoms with Crippen LogP contribution in [0.15, 0.2) is 66.1 Å². The van der Waals surface area contributed by atoms with Crippen molar-refractivity contribution in [1.82, 2.24) is 5.32 Å². The lowest BCUT2D eigenvalue weighted by Crippen LogP contribution is -2.34. The zero-order valence-corrected chi connectivity index (χ0v) is 19.8. The van der Waals surface area contributed by atoms with Gasteiger partial charge in [0.2, 0.25) is 0 Å². The lowest BCUT2D eigenvalue weighted by molar-refractivity contribution is -0.124. The number of ether oxygens (including phenoxy) is 3. The molecule has 1 saturated heterocycles. The first-order valence-electron chi connectivity index (χ1n) is 10.8. The first kappa shape index (κ1) is 25.3. The largest absolute Gasteiger partial charge is 0.495 e. The smallest absolute Gasteiger partial charge is 0.338 e. The van der Waals surface area contributed by atoms with E-state index in [4.69, 9.17) is 14.2 Å². The molecule has 0 bridgehead atoms. The third-order valence-corrected chi connectivity index (χ3v) is 6.97. The van der Waals surface area contributed by atoms with Crippen molar-refractivity contribution in [1.29, 1.82) is 0 Å². The number of methoxy groups -OCH3 is 1. The number of carbonyl (C=O) groups excluding carboxylic acids is 2. The Hall–Kier alpha value is -3.37. The summed E-state index contributed by atoms with van der Waals surface area (Å²) >= 11 is 0. The molecule has 182 valence electrons. The standard InChI is InChI=1S/C24H28N2O7S/c1-3-13-26(21-11-4-5-12-22(21)31-2)34(29,30)20-10-6-8-18(15-20)24(28)33-17-23(27)25-16-19-9-7-14-32-19/h3-6,8,10-12,15,19H,1,7,9,13-14,16-17H2,2H3,(H,25,27). The number of para-hydroxylation sites is 2. The molecule has 1 amide bonds. The highest BCUT2D eigenvalue weighted by Crippen LogP contribution is 2.32. The van der Waals surface area contributed by atoms with Crippen LogP contribution in [0, 0.1) is 0 Å². The highest BCUT2D eigenvalue weighted by atomic mass is 32.2. The summed E-state index contributed by atoms with van der Waals surface area (Å²) in [4.78, 5) is 24.3. The minimum atomic E-state index is -4.07. The summed E-state index contributed by atoms with van der Waals surface area (Å²) in [5, 5.41) is 2.66. The molecular formula is C24H28N2O7S. The predicted molar refractivity (Wildman–Crippen MR) is 126 cm³/mol. The molecule has 34 heavy (non-hydrogen) atoms. The SMILES string of the molecule is C=CCN(c1ccccc1OC)S(=O)(=O)c1cccc(C(=O)OCC(=O)NCC2CCCO2)c1. The Morgan fingerprint density at radius 2 is 2.03 bits per heavy atom. The van der Waals surface area contributed by atoms with Crippen molar-refractivity contribution < 1.29 is 32.2 Å². The minimum Gasteiger partial charge on any atom is -0.495 e. The van der Waals surface area contributed by atoms with Crippen LogP contribution in [0.4, 0.5) is 5.69 Å². The van der Waals surface area contributed by atoms with Crippen LogP contribution >= 0.6 is 0 Å². The monoisotopic (exact) mass is 488 g/mol. The first-order chi connectivity index (χ1) is 16.4. The van der Waals surface area contributed by atoms with Gasteiger partial charge in [0.05, 0.1) is 35.9 Å². The molecule has 0 aliphatic carbocycles. The third-order valence-electron chi connectivity index (χ3n) is 5.19. The highest BCUT2D eigenvalue weighted by Gasteiger charge is 2.27. The van der Waals surface area contributed by atoms with Crippen LogP contribution in [0.3, 0.4) is 0 Å². The molecule has 10 heteroatoms. The molecular weight excluding hydrogens is 460 g/mol. The van der Waals surface area contributed by atoms with Gasteiger partial charge in [0.25, 0.3) is 15.9 Å². The number of hydrogen-bond donors (Lipinski definition) is 1. The van der Waals surface area contributed by atoms with E-state index in [2.05, 4.69) is 11.9 Å². The van der Waals surface area contributed by atoms with E-state index in [1.165, 1.54) is 37.5 Å². The van der Waals surface area contributed by atoms with E-state index < -0.39 is 28.5 Å². The van der Waals surface area contributed by atoms with E-state index in [9.17, 15) is 18.0 Å². The van der Waals surface area contributed by atoms with Gasteiger partial charge in [0, 0.05) is 13.2 Å². The first-order valence-corrected chi connectivity index (χ1v) is 12.2. The molecule has 0 radical (unpaired) electrons. The van der Waals surface area contributed by atoms with E-state index >= 15 is 0 Å². The molecule has 1 aliphatic heterocycles. The van der Waals surface area contributed by atoms with Crippen LogP contribution in [0.1, 0.15) is 23.2 Å². The van der Waals surface area contributed by atoms with Crippen LogP contribution in [0.5, 0.6) is 5.75 Å². The number of nitrogens with zero attached hydrogens (tertiary/aromatic N) is 1. The van der Waals surface area contributed by atoms with Crippen molar-refractivity contribution >= 4 is 27.6 Å². The summed E-state index contributed by atoms with van der Waals surface area (Å²) in [6, 6.07) is 12.2. The van der Waals surface area contributed by atoms with Gasteiger partial charge in [-0.3, -0.25) is 9.10 Å². The number of sulfonamides is 1. The molecule has 1 aliphatic rings. The summed E-state index contributed by atoms with van der Waals surface area (Å²) in [5.41, 5.74) is 0.340. The fourth-order valence-corrected chi connectivity index (χ4v) is 4.98. The topological polar surface area (TPSA) is 111 Å². The molecule has 3 rings (SSSR count). The molecule has 1 N–H and O–H groups in total. The van der Waals surface area contributed by atoms with Gasteiger partial charge in [0.1, 0.15) is 5.75 Å². The lowest BCUT2D eigenvalue weighted by atomic mass is 10.2. The zero-order valence-electron chi connectivity index (χ0n) is 18.9. The normalized spacial score (nSPS) is 15.4. The van der Waals surface area contributed by atoms with Gasteiger partial charge in [-0.2, -0.15) is 0 Å². The summed E-state index contributed by atoms with van der Waals surface area (Å²) in [5.74, 6) is -0.893. The number of anilines is 1. The number of nitrogens with one attached hydrogen (secondary N) is 1. The summed E-state index contributed by atoms with van der Waals surface area (Å²) < 4.78 is 43.8. The average Bonchev–Trinajstić information content (AvgIpc) is 3.38. The Balaban J connectivity index is 1.72. The van der Waals surface area contributed by atoms with Gasteiger partial charge in [-0.05, 0) is 43.2 Å². The number of esters is 1. The number of hydrogen-bond acceptors (Lipinski definition) is 7. The molecule has 1 atom stereocenters. The van der Waals surface area contributed by atoms with Gasteiger partial charge in [-0.1, -0.05) is 24.3 Å². The quantitative estimate of drug-likeness (QED) is 0.382. The molecule has 0 saturated carbocycles. The van der Waals surface area contributed by atoms with Crippen LogP contribution in [0.25, 0.3) is 0 Å². The lowest BCUT2D eigenvalue weighted by Gasteiger charge is -2.25. The van der Waals surface area contributed by atoms with Crippen molar-refractivity contribution in [2.24, 2.45) is 0 Å². The second-order valence-electron chi connectivity index (χ2n) is 7.54. The number of rotatable bonds is 11. The van der Waals surface area contributed by atoms with Crippen molar-refractivity contribution in [3.8, 4) is 5.75 Å². The summed E-state index contributed by atoms with van der Waals surface area (Å²) in [7, 11) is -2.62. The Kier molecular flexibility index (Phi) is 8.67. The average molecular weight is 489 g/mol. The van der Waals surface area contributed by atoms with Crippen molar-refractivity contribution in [3.05, 3.63) is 66.7 Å². The van der Waals surface area contributed by atoms with E-state index in [1.54, 1.807) is 24.3 Å². The van der Waals surface area contributed by atoms with Gasteiger partial charge in [-0.15, -0.1) is 6.58 Å². The van der Waals surface area contributed by atoms with Gasteiger partial charge in [0.15, 0.2) is 6.61 Å². The Morgan fingerprint density at radius 1 is 1.24 bits per heavy atom. The van der Waals surface area contributed by atoms with Crippen LogP contribution in [-0.4, -0.2) is 59.8 Å². The van der Waals surface area contributed by atoms with Crippen LogP contribution in [-0.2, 0) is 24.3 Å². The van der Waals surface area contributed by atoms with Crippen molar-refractivity contribution in [2.75, 3.05) is 37.7 Å². The van der Waals surface area contributed by atoms with E-state index in [-0.39, 0.29) is 23.1 Å². The van der Waals surface area contributed by atoms with Crippen LogP contribution in [0.2, 0.25) is 0 Å². The van der Waals surface area contributed by atoms with Gasteiger partial charge >= 0.3 is 5.97 Å². The fourth-order valence-electron chi connectivity index (χ4n) is 3.49. The van der Waals surface area contributed by atoms with Crippen molar-refractivity contribution in [3.63, 3.8) is 0 Å². The molecule has 1 fully saturated rings. The summed E-state index contributed by atoms with van der Waals surface area (Å²) in [6.45, 7) is 4.19. The number of amides is 1. The highest BCUT2D eigenvalue weighted by molar-refractivity contribution is 7.92. The third kappa shape index (κ3) is 6.15. The van der Waals surface area contributed by atoms with Crippen LogP contribution < -0.4 is 14.4 Å². The Morgan fingerprint density at radius 3 is 2.74 bits per heavy atom. The molecule has 0 spiro atoms. The van der Waals surface area contributed by atoms with E-state index in [0.717, 1.165) is 17.1 Å². The summed E-state index contributed by atoms with van der Waals surface area (Å²) in [6.07, 6.45) is 3.26. The Labute approximate surface area is 199 Å². The maximum Gasteiger partial charge on any atom is 0.338 e. The van der Waals surface area contributed by atoms with Gasteiger partial charge < -0.3 is 19.5 Å². The number of carbonyl (C=O) groups is 2. The maximum absolute atomic E-state index is 13.4. The fraction of sp³-hybridized carbons (Fsp3) is 0.333. The molecule has 2 aromatic carbocycles.